The van der Waals surface area contributed by atoms with Crippen LogP contribution < -0.4 is 9.47 Å². The molecular formula is C27H26BrFN6O4. The third kappa shape index (κ3) is 5.29. The van der Waals surface area contributed by atoms with E-state index < -0.39 is 22.7 Å². The highest BCUT2D eigenvalue weighted by Gasteiger charge is 2.30. The number of halogens is 2. The fourth-order valence-corrected chi connectivity index (χ4v) is 4.69. The van der Waals surface area contributed by atoms with Crippen LogP contribution in [-0.2, 0) is 6.54 Å². The molecule has 5 rings (SSSR count). The molecule has 12 heteroatoms. The van der Waals surface area contributed by atoms with Gasteiger partial charge in [-0.1, -0.05) is 6.58 Å². The largest absolute Gasteiger partial charge is 0.479 e. The number of aryl methyl sites for hydroxylation is 1. The zero-order valence-corrected chi connectivity index (χ0v) is 23.2. The molecule has 0 spiro atoms. The van der Waals surface area contributed by atoms with Gasteiger partial charge in [0.15, 0.2) is 6.20 Å². The number of benzene rings is 1. The molecule has 0 unspecified atom stereocenters. The number of ether oxygens (including phenoxy) is 2. The monoisotopic (exact) mass is 596 g/mol. The van der Waals surface area contributed by atoms with Gasteiger partial charge in [-0.3, -0.25) is 9.36 Å². The number of hydrogen-bond acceptors (Lipinski definition) is 7. The highest BCUT2D eigenvalue weighted by molar-refractivity contribution is 9.10. The molecule has 1 saturated carbocycles. The first-order valence-corrected chi connectivity index (χ1v) is 13.2. The second kappa shape index (κ2) is 10.6. The summed E-state index contributed by atoms with van der Waals surface area (Å²) in [4.78, 5) is 14.8. The minimum Gasteiger partial charge on any atom is -0.479 e. The Labute approximate surface area is 232 Å². The molecule has 0 N–H and O–H groups in total. The van der Waals surface area contributed by atoms with Gasteiger partial charge in [0.2, 0.25) is 11.6 Å². The summed E-state index contributed by atoms with van der Waals surface area (Å²) in [6.45, 7) is 8.69. The van der Waals surface area contributed by atoms with Crippen LogP contribution in [0.15, 0.2) is 53.9 Å². The summed E-state index contributed by atoms with van der Waals surface area (Å²) in [6, 6.07) is 6.09. The topological polar surface area (TPSA) is 110 Å². The van der Waals surface area contributed by atoms with Crippen molar-refractivity contribution in [1.29, 1.82) is 0 Å². The van der Waals surface area contributed by atoms with E-state index in [4.69, 9.17) is 14.6 Å². The van der Waals surface area contributed by atoms with Crippen LogP contribution in [0.5, 0.6) is 11.6 Å². The molecule has 3 heterocycles. The lowest BCUT2D eigenvalue weighted by Gasteiger charge is -2.18. The van der Waals surface area contributed by atoms with Crippen LogP contribution in [0.25, 0.3) is 16.8 Å². The van der Waals surface area contributed by atoms with Crippen molar-refractivity contribution in [2.45, 2.75) is 45.4 Å². The molecule has 1 fully saturated rings. The van der Waals surface area contributed by atoms with E-state index in [1.54, 1.807) is 24.8 Å². The Morgan fingerprint density at radius 2 is 2.05 bits per heavy atom. The number of nitrogens with zero attached hydrogens (tertiary/aromatic N) is 6. The Morgan fingerprint density at radius 3 is 2.72 bits per heavy atom. The summed E-state index contributed by atoms with van der Waals surface area (Å²) >= 11 is 3.28. The molecule has 0 saturated heterocycles. The average molecular weight is 597 g/mol. The van der Waals surface area contributed by atoms with Crippen molar-refractivity contribution in [3.05, 3.63) is 86.5 Å². The summed E-state index contributed by atoms with van der Waals surface area (Å²) in [6.07, 6.45) is 6.38. The Morgan fingerprint density at radius 1 is 1.28 bits per heavy atom. The predicted octanol–water partition coefficient (Wildman–Crippen LogP) is 6.52. The average Bonchev–Trinajstić information content (AvgIpc) is 3.52. The smallest absolute Gasteiger partial charge is 0.406 e. The number of aromatic nitrogens is 5. The predicted molar refractivity (Wildman–Crippen MR) is 146 cm³/mol. The molecule has 1 aliphatic rings. The van der Waals surface area contributed by atoms with Crippen LogP contribution in [0.1, 0.15) is 55.5 Å². The van der Waals surface area contributed by atoms with Crippen molar-refractivity contribution >= 4 is 27.3 Å². The minimum atomic E-state index is -0.782. The first-order valence-electron chi connectivity index (χ1n) is 12.4. The van der Waals surface area contributed by atoms with Crippen molar-refractivity contribution in [3.63, 3.8) is 0 Å². The zero-order valence-electron chi connectivity index (χ0n) is 21.6. The molecule has 1 atom stereocenters. The van der Waals surface area contributed by atoms with Crippen LogP contribution >= 0.6 is 15.9 Å². The highest BCUT2D eigenvalue weighted by Crippen LogP contribution is 2.42. The number of rotatable bonds is 10. The maximum absolute atomic E-state index is 14.6. The molecule has 3 aromatic heterocycles. The molecule has 0 bridgehead atoms. The van der Waals surface area contributed by atoms with Crippen molar-refractivity contribution in [1.82, 2.24) is 24.5 Å². The van der Waals surface area contributed by atoms with Gasteiger partial charge in [-0.2, -0.15) is 5.10 Å². The van der Waals surface area contributed by atoms with E-state index in [-0.39, 0.29) is 11.8 Å². The van der Waals surface area contributed by atoms with Crippen molar-refractivity contribution in [2.24, 2.45) is 0 Å². The van der Waals surface area contributed by atoms with E-state index >= 15 is 0 Å². The van der Waals surface area contributed by atoms with Gasteiger partial charge in [0, 0.05) is 41.7 Å². The number of hydrogen-bond donors (Lipinski definition) is 0. The van der Waals surface area contributed by atoms with Crippen LogP contribution in [0, 0.1) is 15.9 Å². The lowest BCUT2D eigenvalue weighted by atomic mass is 9.94. The lowest BCUT2D eigenvalue weighted by molar-refractivity contribution is -0.390. The van der Waals surface area contributed by atoms with Gasteiger partial charge < -0.3 is 19.6 Å². The standard InChI is InChI=1S/C27H26BrFN6O4/c1-5-33-13-23(27(32-33)38-4)15(2)22-14-34(19-7-8-19)31-25(22)20-9-6-18(29)11-21(20)16(3)39-24-10-17(28)12-30-26(24)35(36)37/h6,9-14,16,19H,2,5,7-8H2,1,3-4H3/t16-/m1/s1. The molecule has 4 aromatic rings. The second-order valence-corrected chi connectivity index (χ2v) is 10.1. The Balaban J connectivity index is 1.61. The molecule has 0 aliphatic heterocycles. The normalized spacial score (nSPS) is 13.8. The fraction of sp³-hybridized carbons (Fsp3) is 0.296. The maximum atomic E-state index is 14.6. The third-order valence-electron chi connectivity index (χ3n) is 6.53. The number of methoxy groups -OCH3 is 1. The van der Waals surface area contributed by atoms with E-state index in [2.05, 4.69) is 32.6 Å². The van der Waals surface area contributed by atoms with Crippen molar-refractivity contribution in [3.8, 4) is 22.9 Å². The van der Waals surface area contributed by atoms with Gasteiger partial charge >= 0.3 is 5.82 Å². The molecule has 1 aromatic carbocycles. The first kappa shape index (κ1) is 26.5. The summed E-state index contributed by atoms with van der Waals surface area (Å²) in [5, 5.41) is 20.9. The van der Waals surface area contributed by atoms with Crippen LogP contribution in [0.3, 0.4) is 0 Å². The fourth-order valence-electron chi connectivity index (χ4n) is 4.38. The molecule has 0 amide bonds. The maximum Gasteiger partial charge on any atom is 0.406 e. The van der Waals surface area contributed by atoms with Crippen molar-refractivity contribution < 1.29 is 18.8 Å². The van der Waals surface area contributed by atoms with Crippen LogP contribution in [0.4, 0.5) is 10.2 Å². The lowest BCUT2D eigenvalue weighted by Crippen LogP contribution is -2.08. The molecule has 10 nitrogen and oxygen atoms in total. The molecule has 39 heavy (non-hydrogen) atoms. The summed E-state index contributed by atoms with van der Waals surface area (Å²) in [5.74, 6) is -0.506. The third-order valence-corrected chi connectivity index (χ3v) is 6.96. The van der Waals surface area contributed by atoms with Crippen molar-refractivity contribution in [2.75, 3.05) is 7.11 Å². The summed E-state index contributed by atoms with van der Waals surface area (Å²) < 4.78 is 30.3. The van der Waals surface area contributed by atoms with Gasteiger partial charge in [-0.05, 0) is 76.3 Å². The Hall–Kier alpha value is -4.06. The minimum absolute atomic E-state index is 0.0399. The van der Waals surface area contributed by atoms with Crippen LogP contribution in [0.2, 0.25) is 0 Å². The van der Waals surface area contributed by atoms with Gasteiger partial charge in [-0.15, -0.1) is 5.10 Å². The Kier molecular flexibility index (Phi) is 7.21. The van der Waals surface area contributed by atoms with E-state index in [0.29, 0.717) is 39.3 Å². The molecule has 1 aliphatic carbocycles. The summed E-state index contributed by atoms with van der Waals surface area (Å²) in [7, 11) is 1.56. The number of pyridine rings is 1. The van der Waals surface area contributed by atoms with E-state index in [0.717, 1.165) is 24.0 Å². The first-order chi connectivity index (χ1) is 18.7. The van der Waals surface area contributed by atoms with Crippen LogP contribution in [-0.4, -0.2) is 36.6 Å². The summed E-state index contributed by atoms with van der Waals surface area (Å²) in [5.41, 5.74) is 3.79. The second-order valence-electron chi connectivity index (χ2n) is 9.21. The molecular weight excluding hydrogens is 571 g/mol. The van der Waals surface area contributed by atoms with E-state index in [1.165, 1.54) is 24.4 Å². The van der Waals surface area contributed by atoms with Gasteiger partial charge in [0.1, 0.15) is 17.6 Å². The number of nitro groups is 1. The quantitative estimate of drug-likeness (QED) is 0.151. The van der Waals surface area contributed by atoms with E-state index in [9.17, 15) is 14.5 Å². The highest BCUT2D eigenvalue weighted by atomic mass is 79.9. The SMILES string of the molecule is C=C(c1cn(CC)nc1OC)c1cn(C2CC2)nc1-c1ccc(F)cc1[C@@H](C)Oc1cc(Br)cnc1[N+](=O)[O-]. The Bertz CT molecular complexity index is 1580. The van der Waals surface area contributed by atoms with E-state index in [1.807, 2.05) is 24.0 Å². The van der Waals surface area contributed by atoms with Gasteiger partial charge in [0.05, 0.1) is 23.2 Å². The molecule has 0 radical (unpaired) electrons. The van der Waals surface area contributed by atoms with Gasteiger partial charge in [0.25, 0.3) is 0 Å². The molecule has 202 valence electrons. The zero-order chi connectivity index (χ0) is 27.8. The van der Waals surface area contributed by atoms with Gasteiger partial charge in [-0.25, -0.2) is 4.39 Å².